The van der Waals surface area contributed by atoms with Crippen LogP contribution in [0.3, 0.4) is 0 Å². The first-order valence-electron chi connectivity index (χ1n) is 3.56. The van der Waals surface area contributed by atoms with Gasteiger partial charge < -0.3 is 0 Å². The number of aryl methyl sites for hydroxylation is 1. The van der Waals surface area contributed by atoms with Crippen molar-refractivity contribution in [3.63, 3.8) is 0 Å². The Labute approximate surface area is 76.7 Å². The molecule has 0 aromatic carbocycles. The van der Waals surface area contributed by atoms with Gasteiger partial charge in [-0.25, -0.2) is 0 Å². The van der Waals surface area contributed by atoms with E-state index in [0.717, 1.165) is 5.69 Å². The molecule has 0 saturated heterocycles. The van der Waals surface area contributed by atoms with Gasteiger partial charge in [0.1, 0.15) is 0 Å². The van der Waals surface area contributed by atoms with Crippen LogP contribution in [0.4, 0.5) is 0 Å². The summed E-state index contributed by atoms with van der Waals surface area (Å²) in [6, 6.07) is 5.20. The standard InChI is InChI=1S/C8H9NO3S/c1-7-3-2-4-8(9-7)5-6-13(10,11)12/h2-6H,1H3,(H,10,11,12). The maximum Gasteiger partial charge on any atom is 0.287 e. The van der Waals surface area contributed by atoms with Gasteiger partial charge in [0.25, 0.3) is 10.1 Å². The number of aromatic nitrogens is 1. The largest absolute Gasteiger partial charge is 0.287 e. The molecule has 5 heteroatoms. The van der Waals surface area contributed by atoms with Gasteiger partial charge >= 0.3 is 0 Å². The smallest absolute Gasteiger partial charge is 0.282 e. The van der Waals surface area contributed by atoms with E-state index >= 15 is 0 Å². The van der Waals surface area contributed by atoms with Gasteiger partial charge in [-0.3, -0.25) is 9.54 Å². The zero-order chi connectivity index (χ0) is 9.90. The van der Waals surface area contributed by atoms with Crippen LogP contribution in [0.15, 0.2) is 23.6 Å². The number of nitrogens with zero attached hydrogens (tertiary/aromatic N) is 1. The van der Waals surface area contributed by atoms with Gasteiger partial charge in [0.15, 0.2) is 0 Å². The molecule has 0 atom stereocenters. The van der Waals surface area contributed by atoms with Crippen LogP contribution in [0.25, 0.3) is 6.08 Å². The number of rotatable bonds is 2. The Balaban J connectivity index is 2.93. The van der Waals surface area contributed by atoms with Crippen molar-refractivity contribution in [2.75, 3.05) is 0 Å². The molecule has 1 aromatic heterocycles. The lowest BCUT2D eigenvalue weighted by atomic mass is 10.3. The molecule has 0 bridgehead atoms. The lowest BCUT2D eigenvalue weighted by Crippen LogP contribution is -1.90. The average molecular weight is 199 g/mol. The first-order chi connectivity index (χ1) is 5.97. The van der Waals surface area contributed by atoms with Crippen molar-refractivity contribution in [1.29, 1.82) is 0 Å². The van der Waals surface area contributed by atoms with Gasteiger partial charge in [0, 0.05) is 5.69 Å². The van der Waals surface area contributed by atoms with E-state index in [1.54, 1.807) is 25.1 Å². The highest BCUT2D eigenvalue weighted by Crippen LogP contribution is 2.01. The second-order valence-corrected chi connectivity index (χ2v) is 3.82. The molecule has 70 valence electrons. The highest BCUT2D eigenvalue weighted by molar-refractivity contribution is 7.88. The molecule has 1 heterocycles. The summed E-state index contributed by atoms with van der Waals surface area (Å²) < 4.78 is 29.1. The van der Waals surface area contributed by atoms with E-state index in [2.05, 4.69) is 4.98 Å². The quantitative estimate of drug-likeness (QED) is 0.728. The summed E-state index contributed by atoms with van der Waals surface area (Å²) in [4.78, 5) is 4.01. The van der Waals surface area contributed by atoms with Crippen LogP contribution in [-0.2, 0) is 10.1 Å². The Kier molecular flexibility index (Phi) is 2.79. The molecule has 0 aliphatic heterocycles. The summed E-state index contributed by atoms with van der Waals surface area (Å²) in [7, 11) is -4.06. The lowest BCUT2D eigenvalue weighted by Gasteiger charge is -1.93. The van der Waals surface area contributed by atoms with E-state index in [1.807, 2.05) is 0 Å². The number of pyridine rings is 1. The maximum atomic E-state index is 10.3. The van der Waals surface area contributed by atoms with E-state index in [1.165, 1.54) is 6.08 Å². The van der Waals surface area contributed by atoms with Crippen LogP contribution in [0.5, 0.6) is 0 Å². The molecule has 0 radical (unpaired) electrons. The molecule has 0 aliphatic carbocycles. The minimum atomic E-state index is -4.06. The first-order valence-corrected chi connectivity index (χ1v) is 5.07. The molecule has 4 nitrogen and oxygen atoms in total. The van der Waals surface area contributed by atoms with E-state index < -0.39 is 10.1 Å². The Bertz CT molecular complexity index is 423. The van der Waals surface area contributed by atoms with E-state index in [9.17, 15) is 8.42 Å². The van der Waals surface area contributed by atoms with Gasteiger partial charge in [-0.1, -0.05) is 6.07 Å². The Hall–Kier alpha value is -1.20. The fourth-order valence-corrected chi connectivity index (χ4v) is 1.12. The summed E-state index contributed by atoms with van der Waals surface area (Å²) in [6.07, 6.45) is 1.24. The monoisotopic (exact) mass is 199 g/mol. The molecular weight excluding hydrogens is 190 g/mol. The summed E-state index contributed by atoms with van der Waals surface area (Å²) in [5, 5.41) is 0.703. The molecule has 0 amide bonds. The van der Waals surface area contributed by atoms with E-state index in [-0.39, 0.29) is 0 Å². The van der Waals surface area contributed by atoms with Crippen LogP contribution in [0, 0.1) is 6.92 Å². The van der Waals surface area contributed by atoms with Crippen LogP contribution in [-0.4, -0.2) is 18.0 Å². The van der Waals surface area contributed by atoms with Crippen molar-refractivity contribution in [2.24, 2.45) is 0 Å². The van der Waals surface area contributed by atoms with Crippen molar-refractivity contribution in [3.05, 3.63) is 35.0 Å². The van der Waals surface area contributed by atoms with Gasteiger partial charge in [-0.2, -0.15) is 8.42 Å². The highest BCUT2D eigenvalue weighted by atomic mass is 32.2. The third kappa shape index (κ3) is 3.82. The van der Waals surface area contributed by atoms with E-state index in [4.69, 9.17) is 4.55 Å². The normalized spacial score (nSPS) is 12.2. The van der Waals surface area contributed by atoms with Crippen LogP contribution in [0.2, 0.25) is 0 Å². The third-order valence-electron chi connectivity index (χ3n) is 1.32. The second-order valence-electron chi connectivity index (χ2n) is 2.52. The summed E-state index contributed by atoms with van der Waals surface area (Å²) >= 11 is 0. The van der Waals surface area contributed by atoms with Gasteiger partial charge in [-0.05, 0) is 25.1 Å². The minimum Gasteiger partial charge on any atom is -0.282 e. The molecule has 0 aliphatic rings. The molecular formula is C8H9NO3S. The fourth-order valence-electron chi connectivity index (χ4n) is 0.813. The molecule has 0 unspecified atom stereocenters. The zero-order valence-corrected chi connectivity index (χ0v) is 7.82. The van der Waals surface area contributed by atoms with Gasteiger partial charge in [-0.15, -0.1) is 0 Å². The Morgan fingerprint density at radius 1 is 1.46 bits per heavy atom. The fraction of sp³-hybridized carbons (Fsp3) is 0.125. The summed E-state index contributed by atoms with van der Waals surface area (Å²) in [5.74, 6) is 0. The Morgan fingerprint density at radius 3 is 2.69 bits per heavy atom. The predicted octanol–water partition coefficient (Wildman–Crippen LogP) is 1.25. The first kappa shape index (κ1) is 9.88. The topological polar surface area (TPSA) is 67.3 Å². The van der Waals surface area contributed by atoms with Crippen molar-refractivity contribution in [1.82, 2.24) is 4.98 Å². The van der Waals surface area contributed by atoms with Crippen molar-refractivity contribution in [2.45, 2.75) is 6.92 Å². The molecule has 0 spiro atoms. The molecule has 1 rings (SSSR count). The average Bonchev–Trinajstić information content (AvgIpc) is 2.00. The molecule has 1 aromatic rings. The zero-order valence-electron chi connectivity index (χ0n) is 7.01. The van der Waals surface area contributed by atoms with Crippen molar-refractivity contribution in [3.8, 4) is 0 Å². The predicted molar refractivity (Wildman–Crippen MR) is 49.6 cm³/mol. The molecule has 1 N–H and O–H groups in total. The van der Waals surface area contributed by atoms with Crippen LogP contribution in [0.1, 0.15) is 11.4 Å². The van der Waals surface area contributed by atoms with Gasteiger partial charge in [0.05, 0.1) is 11.1 Å². The Morgan fingerprint density at radius 2 is 2.15 bits per heavy atom. The molecule has 0 saturated carbocycles. The molecule has 0 fully saturated rings. The van der Waals surface area contributed by atoms with Gasteiger partial charge in [0.2, 0.25) is 0 Å². The van der Waals surface area contributed by atoms with Crippen molar-refractivity contribution < 1.29 is 13.0 Å². The SMILES string of the molecule is Cc1cccc(C=CS(=O)(=O)O)n1. The number of hydrogen-bond donors (Lipinski definition) is 1. The molecule has 13 heavy (non-hydrogen) atoms. The van der Waals surface area contributed by atoms with Crippen molar-refractivity contribution >= 4 is 16.2 Å². The highest BCUT2D eigenvalue weighted by Gasteiger charge is 1.96. The maximum absolute atomic E-state index is 10.3. The summed E-state index contributed by atoms with van der Waals surface area (Å²) in [6.45, 7) is 1.80. The third-order valence-corrected chi connectivity index (χ3v) is 1.80. The second kappa shape index (κ2) is 3.68. The van der Waals surface area contributed by atoms with E-state index in [0.29, 0.717) is 11.1 Å². The van der Waals surface area contributed by atoms with Crippen LogP contribution >= 0.6 is 0 Å². The minimum absolute atomic E-state index is 0.498. The van der Waals surface area contributed by atoms with Crippen LogP contribution < -0.4 is 0 Å². The number of hydrogen-bond acceptors (Lipinski definition) is 3. The summed E-state index contributed by atoms with van der Waals surface area (Å²) in [5.41, 5.74) is 1.29. The lowest BCUT2D eigenvalue weighted by molar-refractivity contribution is 0.494.